The van der Waals surface area contributed by atoms with Gasteiger partial charge in [0.1, 0.15) is 5.60 Å². The van der Waals surface area contributed by atoms with Crippen molar-refractivity contribution in [2.45, 2.75) is 78.2 Å². The lowest BCUT2D eigenvalue weighted by Gasteiger charge is -2.57. The highest BCUT2D eigenvalue weighted by atomic mass is 35.5. The van der Waals surface area contributed by atoms with Gasteiger partial charge in [-0.05, 0) is 62.4 Å². The summed E-state index contributed by atoms with van der Waals surface area (Å²) in [4.78, 5) is 25.0. The number of halogens is 1. The number of unbranched alkanes of at least 4 members (excludes halogenated alkanes) is 2. The first-order chi connectivity index (χ1) is 14.2. The zero-order valence-electron chi connectivity index (χ0n) is 18.9. The molecule has 1 N–H and O–H groups in total. The van der Waals surface area contributed by atoms with Gasteiger partial charge in [-0.15, -0.1) is 0 Å². The Morgan fingerprint density at radius 3 is 2.67 bits per heavy atom. The third-order valence-corrected chi connectivity index (χ3v) is 9.38. The smallest absolute Gasteiger partial charge is 0.244 e. The van der Waals surface area contributed by atoms with E-state index < -0.39 is 5.60 Å². The molecule has 2 fully saturated rings. The van der Waals surface area contributed by atoms with Crippen molar-refractivity contribution in [1.82, 2.24) is 5.32 Å². The molecular formula is C25H36ClNO3. The number of hydrogen-bond donors (Lipinski definition) is 1. The lowest BCUT2D eigenvalue weighted by molar-refractivity contribution is -0.172. The van der Waals surface area contributed by atoms with E-state index in [-0.39, 0.29) is 22.5 Å². The van der Waals surface area contributed by atoms with Gasteiger partial charge in [0, 0.05) is 35.1 Å². The maximum Gasteiger partial charge on any atom is 0.244 e. The van der Waals surface area contributed by atoms with Crippen LogP contribution in [0.1, 0.15) is 72.6 Å². The van der Waals surface area contributed by atoms with Crippen molar-refractivity contribution in [2.75, 3.05) is 13.2 Å². The van der Waals surface area contributed by atoms with Gasteiger partial charge in [-0.3, -0.25) is 9.59 Å². The Labute approximate surface area is 185 Å². The first-order valence-electron chi connectivity index (χ1n) is 11.7. The molecule has 0 aromatic heterocycles. The Hall–Kier alpha value is -1.13. The Morgan fingerprint density at radius 1 is 1.23 bits per heavy atom. The van der Waals surface area contributed by atoms with Crippen LogP contribution in [0.5, 0.6) is 0 Å². The quantitative estimate of drug-likeness (QED) is 0.588. The molecule has 4 nitrogen and oxygen atoms in total. The normalized spacial score (nSPS) is 42.4. The second-order valence-electron chi connectivity index (χ2n) is 10.4. The van der Waals surface area contributed by atoms with E-state index in [1.165, 1.54) is 0 Å². The second-order valence-corrected chi connectivity index (χ2v) is 10.8. The molecule has 0 aromatic rings. The van der Waals surface area contributed by atoms with Crippen LogP contribution in [0.15, 0.2) is 22.8 Å². The zero-order chi connectivity index (χ0) is 21.7. The SMILES string of the molecule is CCCCCO[C@]1(C(C)=O)CC[C@H]2[C@@H]3C=C(Cl)C4=CC(=O)NC[C@]4(C)[C@H]3CC[C@@]21C. The molecule has 5 heteroatoms. The molecule has 0 aromatic carbocycles. The monoisotopic (exact) mass is 433 g/mol. The number of Topliss-reactive ketones (excluding diaryl/α,β-unsaturated/α-hetero) is 1. The van der Waals surface area contributed by atoms with Crippen molar-refractivity contribution in [3.8, 4) is 0 Å². The number of carbonyl (C=O) groups excluding carboxylic acids is 2. The predicted octanol–water partition coefficient (Wildman–Crippen LogP) is 5.16. The average molecular weight is 434 g/mol. The van der Waals surface area contributed by atoms with Crippen LogP contribution in [0.2, 0.25) is 0 Å². The summed E-state index contributed by atoms with van der Waals surface area (Å²) in [6.07, 6.45) is 11.0. The number of amides is 1. The molecule has 0 bridgehead atoms. The van der Waals surface area contributed by atoms with E-state index in [4.69, 9.17) is 16.3 Å². The first-order valence-corrected chi connectivity index (χ1v) is 12.1. The number of hydrogen-bond acceptors (Lipinski definition) is 3. The zero-order valence-corrected chi connectivity index (χ0v) is 19.6. The van der Waals surface area contributed by atoms with E-state index >= 15 is 0 Å². The van der Waals surface area contributed by atoms with E-state index in [0.717, 1.165) is 55.6 Å². The summed E-state index contributed by atoms with van der Waals surface area (Å²) in [7, 11) is 0. The van der Waals surface area contributed by atoms with Crippen molar-refractivity contribution in [1.29, 1.82) is 0 Å². The molecule has 0 unspecified atom stereocenters. The molecule has 2 saturated carbocycles. The van der Waals surface area contributed by atoms with Gasteiger partial charge in [-0.1, -0.05) is 51.3 Å². The molecule has 4 rings (SSSR count). The molecule has 166 valence electrons. The van der Waals surface area contributed by atoms with Gasteiger partial charge in [0.25, 0.3) is 0 Å². The van der Waals surface area contributed by atoms with Gasteiger partial charge in [0.15, 0.2) is 5.78 Å². The van der Waals surface area contributed by atoms with Crippen molar-refractivity contribution in [3.63, 3.8) is 0 Å². The molecule has 6 atom stereocenters. The van der Waals surface area contributed by atoms with Crippen molar-refractivity contribution >= 4 is 23.3 Å². The second kappa shape index (κ2) is 7.78. The standard InChI is InChI=1S/C25H36ClNO3/c1-5-6-7-12-30-25(16(2)28)11-9-19-17-13-21(26)20-14-22(29)27-15-23(20,3)18(17)8-10-24(19,25)4/h13-14,17-19H,5-12,15H2,1-4H3,(H,27,29)/t17-,18+,19+,23-,24+,25+/m1/s1. The van der Waals surface area contributed by atoms with Crippen molar-refractivity contribution in [3.05, 3.63) is 22.8 Å². The number of ether oxygens (including phenoxy) is 1. The summed E-state index contributed by atoms with van der Waals surface area (Å²) in [5.74, 6) is 1.24. The van der Waals surface area contributed by atoms with Crippen LogP contribution < -0.4 is 5.32 Å². The fraction of sp³-hybridized carbons (Fsp3) is 0.760. The average Bonchev–Trinajstić information content (AvgIpc) is 3.00. The van der Waals surface area contributed by atoms with E-state index in [2.05, 4.69) is 32.2 Å². The van der Waals surface area contributed by atoms with Crippen LogP contribution in [0.25, 0.3) is 0 Å². The molecule has 0 radical (unpaired) electrons. The molecule has 3 aliphatic carbocycles. The molecule has 0 saturated heterocycles. The maximum absolute atomic E-state index is 13.0. The van der Waals surface area contributed by atoms with Crippen LogP contribution in [-0.2, 0) is 14.3 Å². The lowest BCUT2D eigenvalue weighted by Crippen LogP contribution is -2.59. The highest BCUT2D eigenvalue weighted by Gasteiger charge is 2.66. The Balaban J connectivity index is 1.68. The molecule has 1 heterocycles. The Morgan fingerprint density at radius 2 is 1.97 bits per heavy atom. The summed E-state index contributed by atoms with van der Waals surface area (Å²) in [6.45, 7) is 9.75. The number of carbonyl (C=O) groups is 2. The number of rotatable bonds is 6. The maximum atomic E-state index is 13.0. The molecule has 1 amide bonds. The minimum absolute atomic E-state index is 0.0509. The number of allylic oxidation sites excluding steroid dienone is 2. The third-order valence-electron chi connectivity index (χ3n) is 9.05. The molecule has 4 aliphatic rings. The predicted molar refractivity (Wildman–Crippen MR) is 119 cm³/mol. The van der Waals surface area contributed by atoms with Gasteiger partial charge in [0.05, 0.1) is 0 Å². The van der Waals surface area contributed by atoms with Crippen molar-refractivity contribution in [2.24, 2.45) is 28.6 Å². The molecule has 0 spiro atoms. The third kappa shape index (κ3) is 3.04. The minimum Gasteiger partial charge on any atom is -0.367 e. The van der Waals surface area contributed by atoms with Crippen molar-refractivity contribution < 1.29 is 14.3 Å². The van der Waals surface area contributed by atoms with Crippen LogP contribution in [0.3, 0.4) is 0 Å². The highest BCUT2D eigenvalue weighted by Crippen LogP contribution is 2.67. The number of nitrogens with one attached hydrogen (secondary N) is 1. The summed E-state index contributed by atoms with van der Waals surface area (Å²) in [5.41, 5.74) is 0.00316. The van der Waals surface area contributed by atoms with Gasteiger partial charge in [-0.25, -0.2) is 0 Å². The summed E-state index contributed by atoms with van der Waals surface area (Å²) < 4.78 is 6.51. The van der Waals surface area contributed by atoms with E-state index in [9.17, 15) is 9.59 Å². The Bertz CT molecular complexity index is 804. The van der Waals surface area contributed by atoms with Crippen LogP contribution in [-0.4, -0.2) is 30.4 Å². The molecule has 1 aliphatic heterocycles. The van der Waals surface area contributed by atoms with E-state index in [1.54, 1.807) is 13.0 Å². The summed E-state index contributed by atoms with van der Waals surface area (Å²) in [5, 5.41) is 3.76. The largest absolute Gasteiger partial charge is 0.367 e. The first kappa shape index (κ1) is 22.1. The van der Waals surface area contributed by atoms with E-state index in [0.29, 0.717) is 30.9 Å². The molecule has 30 heavy (non-hydrogen) atoms. The Kier molecular flexibility index (Phi) is 5.72. The number of fused-ring (bicyclic) bond motifs is 5. The van der Waals surface area contributed by atoms with Gasteiger partial charge in [-0.2, -0.15) is 0 Å². The van der Waals surface area contributed by atoms with E-state index in [1.807, 2.05) is 0 Å². The summed E-state index contributed by atoms with van der Waals surface area (Å²) in [6, 6.07) is 0. The van der Waals surface area contributed by atoms with Gasteiger partial charge in [0.2, 0.25) is 5.91 Å². The highest BCUT2D eigenvalue weighted by molar-refractivity contribution is 6.32. The summed E-state index contributed by atoms with van der Waals surface area (Å²) >= 11 is 6.77. The van der Waals surface area contributed by atoms with Crippen LogP contribution in [0, 0.1) is 28.6 Å². The fourth-order valence-corrected chi connectivity index (χ4v) is 7.75. The minimum atomic E-state index is -0.672. The van der Waals surface area contributed by atoms with Gasteiger partial charge < -0.3 is 10.1 Å². The number of ketones is 1. The van der Waals surface area contributed by atoms with Crippen LogP contribution in [0.4, 0.5) is 0 Å². The lowest BCUT2D eigenvalue weighted by atomic mass is 9.49. The topological polar surface area (TPSA) is 55.4 Å². The fourth-order valence-electron chi connectivity index (χ4n) is 7.33. The van der Waals surface area contributed by atoms with Crippen LogP contribution >= 0.6 is 11.6 Å². The molecular weight excluding hydrogens is 398 g/mol. The van der Waals surface area contributed by atoms with Gasteiger partial charge >= 0.3 is 0 Å².